The van der Waals surface area contributed by atoms with Gasteiger partial charge in [0.2, 0.25) is 0 Å². The van der Waals surface area contributed by atoms with E-state index < -0.39 is 5.97 Å². The lowest BCUT2D eigenvalue weighted by atomic mass is 10.2. The Morgan fingerprint density at radius 2 is 1.92 bits per heavy atom. The predicted octanol–water partition coefficient (Wildman–Crippen LogP) is 3.84. The lowest BCUT2D eigenvalue weighted by Crippen LogP contribution is -2.21. The zero-order chi connectivity index (χ0) is 17.5. The maximum Gasteiger partial charge on any atom is 0.341 e. The summed E-state index contributed by atoms with van der Waals surface area (Å²) in [5, 5.41) is 3.26. The molecule has 0 saturated carbocycles. The highest BCUT2D eigenvalue weighted by Gasteiger charge is 2.14. The van der Waals surface area contributed by atoms with Crippen molar-refractivity contribution in [2.75, 3.05) is 18.5 Å². The molecule has 0 spiro atoms. The van der Waals surface area contributed by atoms with Crippen LogP contribution in [0.3, 0.4) is 0 Å². The van der Waals surface area contributed by atoms with Crippen LogP contribution in [0.1, 0.15) is 22.8 Å². The molecule has 126 valence electrons. The van der Waals surface area contributed by atoms with Crippen molar-refractivity contribution in [1.29, 1.82) is 0 Å². The van der Waals surface area contributed by atoms with Gasteiger partial charge in [0, 0.05) is 10.7 Å². The molecule has 0 aliphatic rings. The van der Waals surface area contributed by atoms with Gasteiger partial charge >= 0.3 is 5.97 Å². The molecule has 2 rings (SSSR count). The van der Waals surface area contributed by atoms with Crippen molar-refractivity contribution in [3.63, 3.8) is 0 Å². The lowest BCUT2D eigenvalue weighted by molar-refractivity contribution is -0.118. The fourth-order valence-electron chi connectivity index (χ4n) is 1.98. The smallest absolute Gasteiger partial charge is 0.341 e. The molecule has 2 aromatic carbocycles. The number of nitrogens with one attached hydrogen (secondary N) is 1. The van der Waals surface area contributed by atoms with Gasteiger partial charge in [-0.3, -0.25) is 4.79 Å². The van der Waals surface area contributed by atoms with Crippen LogP contribution in [0.5, 0.6) is 5.75 Å². The van der Waals surface area contributed by atoms with E-state index in [2.05, 4.69) is 5.32 Å². The Morgan fingerprint density at radius 3 is 2.62 bits per heavy atom. The summed E-state index contributed by atoms with van der Waals surface area (Å²) in [7, 11) is 0. The van der Waals surface area contributed by atoms with Gasteiger partial charge in [-0.1, -0.05) is 29.8 Å². The van der Waals surface area contributed by atoms with E-state index in [9.17, 15) is 9.59 Å². The number of ether oxygens (including phenoxy) is 2. The molecular weight excluding hydrogens is 330 g/mol. The first-order valence-electron chi connectivity index (χ1n) is 7.46. The number of benzene rings is 2. The van der Waals surface area contributed by atoms with Crippen molar-refractivity contribution in [3.8, 4) is 5.75 Å². The summed E-state index contributed by atoms with van der Waals surface area (Å²) in [5.74, 6) is -0.541. The normalized spacial score (nSPS) is 10.1. The molecule has 2 aromatic rings. The number of amides is 1. The van der Waals surface area contributed by atoms with Crippen molar-refractivity contribution in [3.05, 3.63) is 58.6 Å². The average molecular weight is 348 g/mol. The Bertz CT molecular complexity index is 746. The largest absolute Gasteiger partial charge is 0.483 e. The van der Waals surface area contributed by atoms with Gasteiger partial charge in [0.25, 0.3) is 5.91 Å². The average Bonchev–Trinajstić information content (AvgIpc) is 2.57. The van der Waals surface area contributed by atoms with E-state index in [1.54, 1.807) is 43.3 Å². The summed E-state index contributed by atoms with van der Waals surface area (Å²) in [6.07, 6.45) is 0. The second-order valence-corrected chi connectivity index (χ2v) is 5.42. The van der Waals surface area contributed by atoms with Crippen LogP contribution in [-0.4, -0.2) is 25.1 Å². The second kappa shape index (κ2) is 8.36. The number of rotatable bonds is 6. The molecule has 0 unspecified atom stereocenters. The number of hydrogen-bond donors (Lipinski definition) is 1. The van der Waals surface area contributed by atoms with Gasteiger partial charge in [-0.05, 0) is 43.7 Å². The third kappa shape index (κ3) is 4.73. The van der Waals surface area contributed by atoms with E-state index in [0.29, 0.717) is 16.5 Å². The monoisotopic (exact) mass is 347 g/mol. The fourth-order valence-corrected chi connectivity index (χ4v) is 2.16. The minimum atomic E-state index is -0.487. The van der Waals surface area contributed by atoms with Crippen LogP contribution in [0.4, 0.5) is 5.69 Å². The number of halogens is 1. The van der Waals surface area contributed by atoms with E-state index in [4.69, 9.17) is 21.1 Å². The summed E-state index contributed by atoms with van der Waals surface area (Å²) in [4.78, 5) is 23.8. The number of anilines is 1. The van der Waals surface area contributed by atoms with E-state index >= 15 is 0 Å². The van der Waals surface area contributed by atoms with Crippen molar-refractivity contribution >= 4 is 29.2 Å². The zero-order valence-electron chi connectivity index (χ0n) is 13.5. The maximum atomic E-state index is 12.0. The number of esters is 1. The molecule has 0 atom stereocenters. The lowest BCUT2D eigenvalue weighted by Gasteiger charge is -2.11. The van der Waals surface area contributed by atoms with Crippen molar-refractivity contribution in [2.24, 2.45) is 0 Å². The van der Waals surface area contributed by atoms with Gasteiger partial charge < -0.3 is 14.8 Å². The number of para-hydroxylation sites is 1. The Kier molecular flexibility index (Phi) is 6.21. The molecule has 0 saturated heterocycles. The zero-order valence-corrected chi connectivity index (χ0v) is 14.2. The highest BCUT2D eigenvalue weighted by molar-refractivity contribution is 6.31. The van der Waals surface area contributed by atoms with Gasteiger partial charge in [0.15, 0.2) is 6.61 Å². The van der Waals surface area contributed by atoms with E-state index in [0.717, 1.165) is 5.56 Å². The molecule has 0 bridgehead atoms. The first kappa shape index (κ1) is 17.8. The molecule has 0 aliphatic carbocycles. The van der Waals surface area contributed by atoms with Gasteiger partial charge in [-0.15, -0.1) is 0 Å². The quantitative estimate of drug-likeness (QED) is 0.806. The molecular formula is C18H18ClNO4. The van der Waals surface area contributed by atoms with Crippen LogP contribution in [0, 0.1) is 6.92 Å². The summed E-state index contributed by atoms with van der Waals surface area (Å²) in [5.41, 5.74) is 1.79. The molecule has 1 N–H and O–H groups in total. The Morgan fingerprint density at radius 1 is 1.17 bits per heavy atom. The summed E-state index contributed by atoms with van der Waals surface area (Å²) in [6, 6.07) is 11.9. The van der Waals surface area contributed by atoms with Crippen LogP contribution < -0.4 is 10.1 Å². The Balaban J connectivity index is 1.99. The molecule has 24 heavy (non-hydrogen) atoms. The molecule has 1 amide bonds. The van der Waals surface area contributed by atoms with Crippen LogP contribution in [0.15, 0.2) is 42.5 Å². The van der Waals surface area contributed by atoms with Crippen molar-refractivity contribution in [1.82, 2.24) is 0 Å². The topological polar surface area (TPSA) is 64.6 Å². The van der Waals surface area contributed by atoms with Crippen LogP contribution in [0.25, 0.3) is 0 Å². The first-order chi connectivity index (χ1) is 11.5. The number of hydrogen-bond acceptors (Lipinski definition) is 4. The fraction of sp³-hybridized carbons (Fsp3) is 0.222. The summed E-state index contributed by atoms with van der Waals surface area (Å²) in [6.45, 7) is 3.63. The minimum Gasteiger partial charge on any atom is -0.483 e. The summed E-state index contributed by atoms with van der Waals surface area (Å²) >= 11 is 6.02. The summed E-state index contributed by atoms with van der Waals surface area (Å²) < 4.78 is 10.4. The van der Waals surface area contributed by atoms with Crippen molar-refractivity contribution < 1.29 is 19.1 Å². The highest BCUT2D eigenvalue weighted by atomic mass is 35.5. The van der Waals surface area contributed by atoms with Gasteiger partial charge in [0.05, 0.1) is 6.61 Å². The van der Waals surface area contributed by atoms with Gasteiger partial charge in [0.1, 0.15) is 11.3 Å². The van der Waals surface area contributed by atoms with E-state index in [1.165, 1.54) is 0 Å². The molecule has 5 nitrogen and oxygen atoms in total. The van der Waals surface area contributed by atoms with Crippen LogP contribution in [-0.2, 0) is 9.53 Å². The van der Waals surface area contributed by atoms with Gasteiger partial charge in [-0.25, -0.2) is 4.79 Å². The third-order valence-corrected chi connectivity index (χ3v) is 3.60. The van der Waals surface area contributed by atoms with Crippen molar-refractivity contribution in [2.45, 2.75) is 13.8 Å². The Hall–Kier alpha value is -2.53. The molecule has 0 heterocycles. The van der Waals surface area contributed by atoms with Crippen LogP contribution in [0.2, 0.25) is 5.02 Å². The first-order valence-corrected chi connectivity index (χ1v) is 7.84. The minimum absolute atomic E-state index is 0.234. The van der Waals surface area contributed by atoms with Crippen LogP contribution >= 0.6 is 11.6 Å². The highest BCUT2D eigenvalue weighted by Crippen LogP contribution is 2.21. The molecule has 0 aromatic heterocycles. The molecule has 0 radical (unpaired) electrons. The third-order valence-electron chi connectivity index (χ3n) is 3.20. The SMILES string of the molecule is CCOC(=O)c1ccccc1OCC(=O)Nc1ccc(C)c(Cl)c1. The standard InChI is InChI=1S/C18H18ClNO4/c1-3-23-18(22)14-6-4-5-7-16(14)24-11-17(21)20-13-9-8-12(2)15(19)10-13/h4-10H,3,11H2,1-2H3,(H,20,21). The Labute approximate surface area is 145 Å². The number of carbonyl (C=O) groups excluding carboxylic acids is 2. The predicted molar refractivity (Wildman–Crippen MR) is 92.7 cm³/mol. The molecule has 6 heteroatoms. The number of aryl methyl sites for hydroxylation is 1. The molecule has 0 aliphatic heterocycles. The molecule has 0 fully saturated rings. The van der Waals surface area contributed by atoms with E-state index in [-0.39, 0.29) is 24.7 Å². The maximum absolute atomic E-state index is 12.0. The van der Waals surface area contributed by atoms with E-state index in [1.807, 2.05) is 13.0 Å². The second-order valence-electron chi connectivity index (χ2n) is 5.02. The van der Waals surface area contributed by atoms with Gasteiger partial charge in [-0.2, -0.15) is 0 Å². The number of carbonyl (C=O) groups is 2.